The third-order valence-electron chi connectivity index (χ3n) is 5.63. The summed E-state index contributed by atoms with van der Waals surface area (Å²) in [4.78, 5) is 35.6. The zero-order valence-corrected chi connectivity index (χ0v) is 17.5. The van der Waals surface area contributed by atoms with Crippen LogP contribution in [0.4, 0.5) is 0 Å². The number of fused-ring (bicyclic) bond motifs is 1. The van der Waals surface area contributed by atoms with Crippen molar-refractivity contribution in [3.8, 4) is 5.88 Å². The lowest BCUT2D eigenvalue weighted by molar-refractivity contribution is -0.137. The predicted molar refractivity (Wildman–Crippen MR) is 112 cm³/mol. The Bertz CT molecular complexity index is 947. The molecule has 0 radical (unpaired) electrons. The molecule has 164 valence electrons. The lowest BCUT2D eigenvalue weighted by Crippen LogP contribution is -2.55. The fraction of sp³-hybridized carbons (Fsp3) is 0.455. The molecule has 31 heavy (non-hydrogen) atoms. The van der Waals surface area contributed by atoms with E-state index in [0.29, 0.717) is 25.5 Å². The molecule has 0 saturated carbocycles. The van der Waals surface area contributed by atoms with Crippen LogP contribution in [-0.2, 0) is 17.8 Å². The molecule has 0 aliphatic carbocycles. The molecule has 1 fully saturated rings. The summed E-state index contributed by atoms with van der Waals surface area (Å²) in [6.45, 7) is 4.84. The number of benzene rings is 1. The Morgan fingerprint density at radius 3 is 2.81 bits per heavy atom. The van der Waals surface area contributed by atoms with E-state index in [1.54, 1.807) is 4.90 Å². The summed E-state index contributed by atoms with van der Waals surface area (Å²) in [6, 6.07) is 9.82. The molecular weight excluding hydrogens is 398 g/mol. The van der Waals surface area contributed by atoms with Crippen LogP contribution in [0, 0.1) is 0 Å². The van der Waals surface area contributed by atoms with E-state index in [9.17, 15) is 14.7 Å². The number of amides is 2. The topological polar surface area (TPSA) is 108 Å². The SMILES string of the molecule is CC(=O)N1CC(Oc2cc(C(=O)NC[C@H](O)CN3CCc4ccccc4C3)ncn2)C1. The number of aliphatic hydroxyl groups is 1. The summed E-state index contributed by atoms with van der Waals surface area (Å²) in [6.07, 6.45) is 1.42. The minimum Gasteiger partial charge on any atom is -0.470 e. The minimum atomic E-state index is -0.681. The van der Waals surface area contributed by atoms with Crippen LogP contribution < -0.4 is 10.1 Å². The summed E-state index contributed by atoms with van der Waals surface area (Å²) in [7, 11) is 0. The zero-order chi connectivity index (χ0) is 21.8. The molecule has 2 N–H and O–H groups in total. The number of nitrogens with zero attached hydrogens (tertiary/aromatic N) is 4. The van der Waals surface area contributed by atoms with Crippen molar-refractivity contribution in [1.82, 2.24) is 25.1 Å². The van der Waals surface area contributed by atoms with Crippen molar-refractivity contribution >= 4 is 11.8 Å². The molecule has 2 aliphatic rings. The van der Waals surface area contributed by atoms with E-state index in [1.807, 2.05) is 6.07 Å². The van der Waals surface area contributed by atoms with E-state index >= 15 is 0 Å². The van der Waals surface area contributed by atoms with Crippen LogP contribution in [0.25, 0.3) is 0 Å². The highest BCUT2D eigenvalue weighted by Crippen LogP contribution is 2.19. The first-order valence-electron chi connectivity index (χ1n) is 10.5. The van der Waals surface area contributed by atoms with Gasteiger partial charge in [0.25, 0.3) is 5.91 Å². The third-order valence-corrected chi connectivity index (χ3v) is 5.63. The van der Waals surface area contributed by atoms with Crippen molar-refractivity contribution in [3.63, 3.8) is 0 Å². The number of carbonyl (C=O) groups excluding carboxylic acids is 2. The van der Waals surface area contributed by atoms with E-state index in [0.717, 1.165) is 19.5 Å². The van der Waals surface area contributed by atoms with Crippen LogP contribution in [0.3, 0.4) is 0 Å². The molecular formula is C22H27N5O4. The van der Waals surface area contributed by atoms with Crippen LogP contribution in [0.2, 0.25) is 0 Å². The summed E-state index contributed by atoms with van der Waals surface area (Å²) in [5.74, 6) is -0.0925. The van der Waals surface area contributed by atoms with Crippen LogP contribution >= 0.6 is 0 Å². The maximum atomic E-state index is 12.4. The van der Waals surface area contributed by atoms with Gasteiger partial charge in [0.1, 0.15) is 18.1 Å². The second kappa shape index (κ2) is 9.40. The van der Waals surface area contributed by atoms with E-state index in [-0.39, 0.29) is 24.2 Å². The first kappa shape index (κ1) is 21.2. The van der Waals surface area contributed by atoms with Gasteiger partial charge in [-0.2, -0.15) is 0 Å². The fourth-order valence-electron chi connectivity index (χ4n) is 3.84. The molecule has 2 aliphatic heterocycles. The van der Waals surface area contributed by atoms with Gasteiger partial charge in [0, 0.05) is 39.2 Å². The molecule has 1 saturated heterocycles. The molecule has 1 atom stereocenters. The Balaban J connectivity index is 1.23. The molecule has 4 rings (SSSR count). The quantitative estimate of drug-likeness (QED) is 0.654. The summed E-state index contributed by atoms with van der Waals surface area (Å²) in [5.41, 5.74) is 2.82. The number of ether oxygens (including phenoxy) is 1. The molecule has 0 bridgehead atoms. The largest absolute Gasteiger partial charge is 0.470 e. The molecule has 3 heterocycles. The van der Waals surface area contributed by atoms with Gasteiger partial charge in [-0.1, -0.05) is 24.3 Å². The molecule has 9 heteroatoms. The van der Waals surface area contributed by atoms with E-state index < -0.39 is 12.0 Å². The Labute approximate surface area is 181 Å². The van der Waals surface area contributed by atoms with Crippen LogP contribution in [-0.4, -0.2) is 81.6 Å². The van der Waals surface area contributed by atoms with Gasteiger partial charge in [0.05, 0.1) is 19.2 Å². The zero-order valence-electron chi connectivity index (χ0n) is 17.5. The van der Waals surface area contributed by atoms with Gasteiger partial charge < -0.3 is 20.1 Å². The third kappa shape index (κ3) is 5.36. The lowest BCUT2D eigenvalue weighted by Gasteiger charge is -2.37. The number of hydrogen-bond acceptors (Lipinski definition) is 7. The summed E-state index contributed by atoms with van der Waals surface area (Å²) >= 11 is 0. The van der Waals surface area contributed by atoms with Crippen molar-refractivity contribution in [1.29, 1.82) is 0 Å². The summed E-state index contributed by atoms with van der Waals surface area (Å²) in [5, 5.41) is 13.1. The standard InChI is InChI=1S/C22H27N5O4/c1-15(28)27-12-19(13-27)31-21-8-20(24-14-25-21)22(30)23-9-18(29)11-26-7-6-16-4-2-3-5-17(16)10-26/h2-5,8,14,18-19,29H,6-7,9-13H2,1H3,(H,23,30)/t18-/m0/s1. The number of carbonyl (C=O) groups is 2. The normalized spacial score (nSPS) is 17.4. The van der Waals surface area contributed by atoms with Crippen LogP contribution in [0.15, 0.2) is 36.7 Å². The maximum absolute atomic E-state index is 12.4. The van der Waals surface area contributed by atoms with Gasteiger partial charge in [-0.3, -0.25) is 14.5 Å². The number of likely N-dealkylation sites (tertiary alicyclic amines) is 1. The highest BCUT2D eigenvalue weighted by molar-refractivity contribution is 5.92. The fourth-order valence-corrected chi connectivity index (χ4v) is 3.84. The molecule has 0 spiro atoms. The number of aliphatic hydroxyl groups excluding tert-OH is 1. The van der Waals surface area contributed by atoms with Gasteiger partial charge in [-0.25, -0.2) is 9.97 Å². The number of hydrogen-bond donors (Lipinski definition) is 2. The van der Waals surface area contributed by atoms with Crippen molar-refractivity contribution in [2.24, 2.45) is 0 Å². The molecule has 0 unspecified atom stereocenters. The minimum absolute atomic E-state index is 0.00919. The Kier molecular flexibility index (Phi) is 6.43. The van der Waals surface area contributed by atoms with E-state index in [4.69, 9.17) is 4.74 Å². The first-order valence-corrected chi connectivity index (χ1v) is 10.5. The predicted octanol–water partition coefficient (Wildman–Crippen LogP) is 0.235. The van der Waals surface area contributed by atoms with Crippen molar-refractivity contribution in [3.05, 3.63) is 53.5 Å². The van der Waals surface area contributed by atoms with Gasteiger partial charge >= 0.3 is 0 Å². The van der Waals surface area contributed by atoms with Gasteiger partial charge in [-0.05, 0) is 17.5 Å². The first-order chi connectivity index (χ1) is 15.0. The van der Waals surface area contributed by atoms with Crippen LogP contribution in [0.5, 0.6) is 5.88 Å². The number of nitrogens with one attached hydrogen (secondary N) is 1. The molecule has 9 nitrogen and oxygen atoms in total. The number of β-amino-alcohol motifs (C(OH)–C–C–N with tert-alkyl or cyclic N) is 1. The monoisotopic (exact) mass is 425 g/mol. The lowest BCUT2D eigenvalue weighted by atomic mass is 10.00. The Morgan fingerprint density at radius 1 is 1.26 bits per heavy atom. The number of rotatable bonds is 7. The maximum Gasteiger partial charge on any atom is 0.270 e. The van der Waals surface area contributed by atoms with Crippen LogP contribution in [0.1, 0.15) is 28.5 Å². The Hall–Kier alpha value is -3.04. The average molecular weight is 425 g/mol. The highest BCUT2D eigenvalue weighted by atomic mass is 16.5. The van der Waals surface area contributed by atoms with Gasteiger partial charge in [-0.15, -0.1) is 0 Å². The Morgan fingerprint density at radius 2 is 2.03 bits per heavy atom. The van der Waals surface area contributed by atoms with E-state index in [2.05, 4.69) is 38.4 Å². The molecule has 1 aromatic carbocycles. The smallest absolute Gasteiger partial charge is 0.270 e. The van der Waals surface area contributed by atoms with E-state index in [1.165, 1.54) is 30.4 Å². The summed E-state index contributed by atoms with van der Waals surface area (Å²) < 4.78 is 5.70. The number of aromatic nitrogens is 2. The second-order valence-electron chi connectivity index (χ2n) is 8.02. The van der Waals surface area contributed by atoms with Gasteiger partial charge in [0.2, 0.25) is 11.8 Å². The highest BCUT2D eigenvalue weighted by Gasteiger charge is 2.30. The van der Waals surface area contributed by atoms with Crippen molar-refractivity contribution in [2.45, 2.75) is 32.1 Å². The second-order valence-corrected chi connectivity index (χ2v) is 8.02. The van der Waals surface area contributed by atoms with Crippen molar-refractivity contribution in [2.75, 3.05) is 32.7 Å². The molecule has 2 aromatic rings. The van der Waals surface area contributed by atoms with Crippen molar-refractivity contribution < 1.29 is 19.4 Å². The molecule has 1 aromatic heterocycles. The average Bonchev–Trinajstić information content (AvgIpc) is 2.74. The molecule has 2 amide bonds. The van der Waals surface area contributed by atoms with Gasteiger partial charge in [0.15, 0.2) is 0 Å².